The molecule has 1 aliphatic rings. The van der Waals surface area contributed by atoms with E-state index in [2.05, 4.69) is 38.0 Å². The van der Waals surface area contributed by atoms with E-state index in [1.165, 1.54) is 0 Å². The predicted octanol–water partition coefficient (Wildman–Crippen LogP) is 0.612. The van der Waals surface area contributed by atoms with Gasteiger partial charge >= 0.3 is 0 Å². The lowest BCUT2D eigenvalue weighted by Crippen LogP contribution is -2.58. The third kappa shape index (κ3) is 14.5. The highest BCUT2D eigenvalue weighted by atomic mass is 16.5. The van der Waals surface area contributed by atoms with Crippen LogP contribution in [0.15, 0.2) is 66.7 Å². The quantitative estimate of drug-likeness (QED) is 0.0550. The van der Waals surface area contributed by atoms with Crippen LogP contribution in [0.4, 0.5) is 0 Å². The smallest absolute Gasteiger partial charge is 0.243 e. The molecule has 16 heteroatoms. The molecule has 0 spiro atoms. The van der Waals surface area contributed by atoms with Crippen LogP contribution in [0, 0.1) is 10.8 Å². The summed E-state index contributed by atoms with van der Waals surface area (Å²) in [5, 5.41) is 34.1. The van der Waals surface area contributed by atoms with Gasteiger partial charge in [0.25, 0.3) is 0 Å². The van der Waals surface area contributed by atoms with Gasteiger partial charge < -0.3 is 53.8 Å². The van der Waals surface area contributed by atoms with E-state index in [4.69, 9.17) is 32.8 Å². The third-order valence-corrected chi connectivity index (χ3v) is 9.23. The molecular formula is C39H55N11O5. The molecule has 55 heavy (non-hydrogen) atoms. The Labute approximate surface area is 321 Å². The van der Waals surface area contributed by atoms with Crippen molar-refractivity contribution in [3.8, 4) is 5.75 Å². The first kappa shape index (κ1) is 41.9. The molecule has 1 fully saturated rings. The third-order valence-electron chi connectivity index (χ3n) is 9.23. The van der Waals surface area contributed by atoms with E-state index in [9.17, 15) is 19.2 Å². The summed E-state index contributed by atoms with van der Waals surface area (Å²) in [7, 11) is 0. The Hall–Kier alpha value is -5.90. The summed E-state index contributed by atoms with van der Waals surface area (Å²) in [6.07, 6.45) is 2.68. The second kappa shape index (κ2) is 21.7. The first-order chi connectivity index (χ1) is 26.5. The molecule has 3 aromatic rings. The zero-order chi connectivity index (χ0) is 39.6. The van der Waals surface area contributed by atoms with Gasteiger partial charge in [-0.05, 0) is 85.5 Å². The second-order valence-corrected chi connectivity index (χ2v) is 13.7. The van der Waals surface area contributed by atoms with Gasteiger partial charge in [-0.15, -0.1) is 0 Å². The first-order valence-corrected chi connectivity index (χ1v) is 18.8. The summed E-state index contributed by atoms with van der Waals surface area (Å²) < 4.78 is 5.71. The van der Waals surface area contributed by atoms with Crippen LogP contribution < -0.4 is 53.8 Å². The van der Waals surface area contributed by atoms with Crippen molar-refractivity contribution in [2.24, 2.45) is 17.2 Å². The van der Waals surface area contributed by atoms with Crippen molar-refractivity contribution in [2.75, 3.05) is 26.2 Å². The average Bonchev–Trinajstić information content (AvgIpc) is 3.16. The van der Waals surface area contributed by atoms with Crippen molar-refractivity contribution >= 4 is 46.3 Å². The molecule has 4 rings (SSSR count). The fourth-order valence-corrected chi connectivity index (χ4v) is 6.33. The van der Waals surface area contributed by atoms with Crippen LogP contribution in [0.2, 0.25) is 0 Å². The van der Waals surface area contributed by atoms with Gasteiger partial charge in [-0.25, -0.2) is 0 Å². The predicted molar refractivity (Wildman–Crippen MR) is 212 cm³/mol. The van der Waals surface area contributed by atoms with Crippen LogP contribution in [0.1, 0.15) is 56.1 Å². The average molecular weight is 758 g/mol. The SMILES string of the molecule is N=C(N)NCCC[C@@H]1NC(=O)[C@@H](CCCNC(=N)N)NC(=O)[C@@H](Cc2ccc(OCCCN)cc2)NC(=O)CC[C@H](Cc2ccc3ccccc3c2)NC1=O. The van der Waals surface area contributed by atoms with Crippen LogP contribution in [-0.2, 0) is 32.0 Å². The molecule has 1 saturated heterocycles. The van der Waals surface area contributed by atoms with Crippen LogP contribution in [0.5, 0.6) is 5.75 Å². The number of guanidine groups is 2. The van der Waals surface area contributed by atoms with E-state index in [1.54, 1.807) is 12.1 Å². The Morgan fingerprint density at radius 1 is 0.691 bits per heavy atom. The topological polar surface area (TPSA) is 275 Å². The van der Waals surface area contributed by atoms with Crippen molar-refractivity contribution in [3.63, 3.8) is 0 Å². The molecule has 0 aliphatic carbocycles. The molecule has 0 aromatic heterocycles. The highest BCUT2D eigenvalue weighted by Crippen LogP contribution is 2.19. The van der Waals surface area contributed by atoms with Crippen LogP contribution in [-0.4, -0.2) is 86.0 Å². The molecule has 4 amide bonds. The molecular weight excluding hydrogens is 703 g/mol. The normalized spacial score (nSPS) is 19.6. The van der Waals surface area contributed by atoms with E-state index < -0.39 is 41.9 Å². The van der Waals surface area contributed by atoms with Crippen LogP contribution in [0.25, 0.3) is 10.8 Å². The number of amides is 4. The van der Waals surface area contributed by atoms with Gasteiger partial charge in [0.2, 0.25) is 23.6 Å². The number of nitrogens with one attached hydrogen (secondary N) is 8. The molecule has 0 saturated carbocycles. The van der Waals surface area contributed by atoms with E-state index in [0.29, 0.717) is 51.1 Å². The summed E-state index contributed by atoms with van der Waals surface area (Å²) in [4.78, 5) is 55.5. The van der Waals surface area contributed by atoms with Crippen LogP contribution in [0.3, 0.4) is 0 Å². The van der Waals surface area contributed by atoms with Crippen molar-refractivity contribution in [3.05, 3.63) is 77.9 Å². The lowest BCUT2D eigenvalue weighted by Gasteiger charge is -2.28. The highest BCUT2D eigenvalue weighted by Gasteiger charge is 2.31. The minimum absolute atomic E-state index is 0.0237. The van der Waals surface area contributed by atoms with Crippen molar-refractivity contribution in [1.82, 2.24) is 31.9 Å². The minimum atomic E-state index is -1.08. The zero-order valence-electron chi connectivity index (χ0n) is 31.1. The van der Waals surface area contributed by atoms with Crippen molar-refractivity contribution in [2.45, 2.75) is 82.0 Å². The monoisotopic (exact) mass is 757 g/mol. The molecule has 1 heterocycles. The summed E-state index contributed by atoms with van der Waals surface area (Å²) in [5.41, 5.74) is 18.2. The van der Waals surface area contributed by atoms with Crippen molar-refractivity contribution < 1.29 is 23.9 Å². The van der Waals surface area contributed by atoms with Gasteiger partial charge in [-0.1, -0.05) is 54.6 Å². The Morgan fingerprint density at radius 3 is 1.89 bits per heavy atom. The summed E-state index contributed by atoms with van der Waals surface area (Å²) >= 11 is 0. The molecule has 0 unspecified atom stereocenters. The second-order valence-electron chi connectivity index (χ2n) is 13.7. The van der Waals surface area contributed by atoms with Crippen LogP contribution >= 0.6 is 0 Å². The van der Waals surface area contributed by atoms with E-state index >= 15 is 0 Å². The Morgan fingerprint density at radius 2 is 1.27 bits per heavy atom. The van der Waals surface area contributed by atoms with Gasteiger partial charge in [-0.2, -0.15) is 0 Å². The Balaban J connectivity index is 1.62. The Bertz CT molecular complexity index is 1770. The fraction of sp³-hybridized carbons (Fsp3) is 0.436. The number of ether oxygens (including phenoxy) is 1. The van der Waals surface area contributed by atoms with E-state index in [1.807, 2.05) is 48.5 Å². The number of benzene rings is 3. The lowest BCUT2D eigenvalue weighted by molar-refractivity contribution is -0.134. The summed E-state index contributed by atoms with van der Waals surface area (Å²) in [5.74, 6) is -1.75. The first-order valence-electron chi connectivity index (χ1n) is 18.8. The molecule has 296 valence electrons. The standard InChI is InChI=1S/C39H55N11O5/c40-18-5-21-55-30-15-11-25(12-16-30)24-33-37(54)50-32(9-4-20-46-39(43)44)36(53)49-31(8-3-19-45-38(41)42)35(52)47-29(14-17-34(51)48-33)23-26-10-13-27-6-1-2-7-28(27)22-26/h1-2,6-7,10-13,15-16,22,29,31-33H,3-5,8-9,14,17-21,23-24,40H2,(H,47,52)(H,48,51)(H,49,53)(H,50,54)(H4,41,42,45)(H4,43,44,46)/t29-,31+,32-,33-/m1/s1. The maximum absolute atomic E-state index is 14.0. The maximum atomic E-state index is 14.0. The van der Waals surface area contributed by atoms with Gasteiger partial charge in [-0.3, -0.25) is 30.0 Å². The number of rotatable bonds is 16. The molecule has 0 radical (unpaired) electrons. The largest absolute Gasteiger partial charge is 0.494 e. The van der Waals surface area contributed by atoms with Gasteiger partial charge in [0.15, 0.2) is 11.9 Å². The Kier molecular flexibility index (Phi) is 16.5. The molecule has 0 bridgehead atoms. The van der Waals surface area contributed by atoms with E-state index in [-0.39, 0.29) is 56.5 Å². The number of carbonyl (C=O) groups excluding carboxylic acids is 4. The zero-order valence-corrected chi connectivity index (χ0v) is 31.1. The molecule has 3 aromatic carbocycles. The fourth-order valence-electron chi connectivity index (χ4n) is 6.33. The maximum Gasteiger partial charge on any atom is 0.243 e. The summed E-state index contributed by atoms with van der Waals surface area (Å²) in [6, 6.07) is 17.7. The number of hydrogen-bond donors (Lipinski definition) is 11. The lowest BCUT2D eigenvalue weighted by atomic mass is 9.97. The van der Waals surface area contributed by atoms with E-state index in [0.717, 1.165) is 21.9 Å². The highest BCUT2D eigenvalue weighted by molar-refractivity contribution is 5.94. The van der Waals surface area contributed by atoms with Gasteiger partial charge in [0.1, 0.15) is 23.9 Å². The molecule has 4 atom stereocenters. The molecule has 14 N–H and O–H groups in total. The minimum Gasteiger partial charge on any atom is -0.494 e. The van der Waals surface area contributed by atoms with Gasteiger partial charge in [0, 0.05) is 32.0 Å². The number of carbonyl (C=O) groups is 4. The number of nitrogens with two attached hydrogens (primary N) is 3. The molecule has 16 nitrogen and oxygen atoms in total. The number of hydrogen-bond acceptors (Lipinski definition) is 8. The van der Waals surface area contributed by atoms with Crippen molar-refractivity contribution in [1.29, 1.82) is 10.8 Å². The summed E-state index contributed by atoms with van der Waals surface area (Å²) in [6.45, 7) is 1.55. The van der Waals surface area contributed by atoms with Gasteiger partial charge in [0.05, 0.1) is 6.61 Å². The number of fused-ring (bicyclic) bond motifs is 1. The molecule has 1 aliphatic heterocycles.